The van der Waals surface area contributed by atoms with Crippen molar-refractivity contribution in [2.45, 2.75) is 19.3 Å². The van der Waals surface area contributed by atoms with Gasteiger partial charge >= 0.3 is 0 Å². The van der Waals surface area contributed by atoms with Gasteiger partial charge in [0.15, 0.2) is 0 Å². The minimum absolute atomic E-state index is 0.0461. The number of anilines is 2. The van der Waals surface area contributed by atoms with Crippen molar-refractivity contribution in [1.82, 2.24) is 9.97 Å². The summed E-state index contributed by atoms with van der Waals surface area (Å²) >= 11 is 0. The van der Waals surface area contributed by atoms with Crippen LogP contribution in [0.2, 0.25) is 0 Å². The number of benzene rings is 1. The molecule has 0 bridgehead atoms. The molecule has 20 heavy (non-hydrogen) atoms. The summed E-state index contributed by atoms with van der Waals surface area (Å²) in [5, 5.41) is 3.40. The Balaban J connectivity index is 2.06. The van der Waals surface area contributed by atoms with Crippen LogP contribution in [0.15, 0.2) is 42.6 Å². The predicted molar refractivity (Wildman–Crippen MR) is 84.3 cm³/mol. The summed E-state index contributed by atoms with van der Waals surface area (Å²) < 4.78 is 0. The highest BCUT2D eigenvalue weighted by Gasteiger charge is 2.20. The van der Waals surface area contributed by atoms with Crippen LogP contribution >= 0.6 is 0 Å². The summed E-state index contributed by atoms with van der Waals surface area (Å²) in [6, 6.07) is 12.4. The van der Waals surface area contributed by atoms with Crippen molar-refractivity contribution in [3.8, 4) is 0 Å². The van der Waals surface area contributed by atoms with Gasteiger partial charge in [0.1, 0.15) is 5.82 Å². The van der Waals surface area contributed by atoms with E-state index in [0.717, 1.165) is 12.4 Å². The lowest BCUT2D eigenvalue weighted by molar-refractivity contribution is 0.556. The first-order valence-electron chi connectivity index (χ1n) is 6.79. The summed E-state index contributed by atoms with van der Waals surface area (Å²) in [5.74, 6) is 1.57. The SMILES string of the molecule is CN(C)c1nccc(NCC(C)(C)c2ccccc2)n1. The molecule has 0 unspecified atom stereocenters. The molecule has 4 heteroatoms. The molecule has 0 atom stereocenters. The molecule has 0 saturated carbocycles. The average Bonchev–Trinajstić information content (AvgIpc) is 2.46. The van der Waals surface area contributed by atoms with Crippen LogP contribution in [-0.4, -0.2) is 30.6 Å². The van der Waals surface area contributed by atoms with Gasteiger partial charge in [-0.2, -0.15) is 4.98 Å². The summed E-state index contributed by atoms with van der Waals surface area (Å²) in [5.41, 5.74) is 1.36. The van der Waals surface area contributed by atoms with Crippen LogP contribution < -0.4 is 10.2 Å². The van der Waals surface area contributed by atoms with Crippen molar-refractivity contribution in [2.75, 3.05) is 30.9 Å². The molecule has 2 aromatic rings. The van der Waals surface area contributed by atoms with Gasteiger partial charge in [0.05, 0.1) is 0 Å². The highest BCUT2D eigenvalue weighted by molar-refractivity contribution is 5.41. The standard InChI is InChI=1S/C16H22N4/c1-16(2,13-8-6-5-7-9-13)12-18-14-10-11-17-15(19-14)20(3)4/h5-11H,12H2,1-4H3,(H,17,18,19). The Labute approximate surface area is 120 Å². The van der Waals surface area contributed by atoms with Crippen molar-refractivity contribution in [1.29, 1.82) is 0 Å². The van der Waals surface area contributed by atoms with Crippen LogP contribution in [0, 0.1) is 0 Å². The number of aromatic nitrogens is 2. The average molecular weight is 270 g/mol. The number of nitrogens with zero attached hydrogens (tertiary/aromatic N) is 3. The van der Waals surface area contributed by atoms with E-state index >= 15 is 0 Å². The number of nitrogens with one attached hydrogen (secondary N) is 1. The van der Waals surface area contributed by atoms with Crippen LogP contribution in [0.25, 0.3) is 0 Å². The van der Waals surface area contributed by atoms with E-state index in [2.05, 4.69) is 53.4 Å². The fourth-order valence-corrected chi connectivity index (χ4v) is 1.97. The minimum Gasteiger partial charge on any atom is -0.369 e. The Morgan fingerprint density at radius 2 is 1.80 bits per heavy atom. The number of rotatable bonds is 5. The maximum atomic E-state index is 4.47. The van der Waals surface area contributed by atoms with Crippen LogP contribution in [0.1, 0.15) is 19.4 Å². The maximum Gasteiger partial charge on any atom is 0.226 e. The molecule has 0 spiro atoms. The maximum absolute atomic E-state index is 4.47. The summed E-state index contributed by atoms with van der Waals surface area (Å²) in [6.45, 7) is 5.27. The molecular formula is C16H22N4. The van der Waals surface area contributed by atoms with Gasteiger partial charge < -0.3 is 10.2 Å². The third-order valence-electron chi connectivity index (χ3n) is 3.31. The van der Waals surface area contributed by atoms with Crippen LogP contribution in [0.5, 0.6) is 0 Å². The fourth-order valence-electron chi connectivity index (χ4n) is 1.97. The molecule has 0 aliphatic heterocycles. The van der Waals surface area contributed by atoms with Crippen LogP contribution in [0.3, 0.4) is 0 Å². The van der Waals surface area contributed by atoms with E-state index < -0.39 is 0 Å². The van der Waals surface area contributed by atoms with Crippen molar-refractivity contribution in [2.24, 2.45) is 0 Å². The lowest BCUT2D eigenvalue weighted by Gasteiger charge is -2.26. The topological polar surface area (TPSA) is 41.1 Å². The fraction of sp³-hybridized carbons (Fsp3) is 0.375. The van der Waals surface area contributed by atoms with E-state index in [0.29, 0.717) is 5.95 Å². The Morgan fingerprint density at radius 1 is 1.10 bits per heavy atom. The van der Waals surface area contributed by atoms with Gasteiger partial charge in [-0.25, -0.2) is 4.98 Å². The van der Waals surface area contributed by atoms with Gasteiger partial charge in [0, 0.05) is 32.3 Å². The Morgan fingerprint density at radius 3 is 2.45 bits per heavy atom. The zero-order valence-corrected chi connectivity index (χ0v) is 12.6. The highest BCUT2D eigenvalue weighted by Crippen LogP contribution is 2.23. The first-order valence-corrected chi connectivity index (χ1v) is 6.79. The van der Waals surface area contributed by atoms with E-state index in [1.54, 1.807) is 6.20 Å². The van der Waals surface area contributed by atoms with Crippen molar-refractivity contribution >= 4 is 11.8 Å². The molecule has 1 N–H and O–H groups in total. The molecule has 4 nitrogen and oxygen atoms in total. The van der Waals surface area contributed by atoms with Crippen molar-refractivity contribution in [3.05, 3.63) is 48.2 Å². The monoisotopic (exact) mass is 270 g/mol. The van der Waals surface area contributed by atoms with Crippen LogP contribution in [0.4, 0.5) is 11.8 Å². The van der Waals surface area contributed by atoms with Gasteiger partial charge in [-0.15, -0.1) is 0 Å². The molecule has 1 heterocycles. The van der Waals surface area contributed by atoms with E-state index in [4.69, 9.17) is 0 Å². The first-order chi connectivity index (χ1) is 9.49. The van der Waals surface area contributed by atoms with E-state index in [9.17, 15) is 0 Å². The number of hydrogen-bond donors (Lipinski definition) is 1. The normalized spacial score (nSPS) is 11.2. The molecule has 0 amide bonds. The molecule has 0 saturated heterocycles. The summed E-state index contributed by atoms with van der Waals surface area (Å²) in [7, 11) is 3.88. The zero-order valence-electron chi connectivity index (χ0n) is 12.6. The first kappa shape index (κ1) is 14.3. The molecule has 0 aliphatic carbocycles. The Kier molecular flexibility index (Phi) is 4.23. The highest BCUT2D eigenvalue weighted by atomic mass is 15.2. The Bertz CT molecular complexity index is 549. The van der Waals surface area contributed by atoms with Gasteiger partial charge in [0.2, 0.25) is 5.95 Å². The van der Waals surface area contributed by atoms with E-state index in [-0.39, 0.29) is 5.41 Å². The molecular weight excluding hydrogens is 248 g/mol. The third kappa shape index (κ3) is 3.47. The lowest BCUT2D eigenvalue weighted by Crippen LogP contribution is -2.28. The van der Waals surface area contributed by atoms with E-state index in [1.165, 1.54) is 5.56 Å². The van der Waals surface area contributed by atoms with Crippen LogP contribution in [-0.2, 0) is 5.41 Å². The molecule has 2 rings (SSSR count). The van der Waals surface area contributed by atoms with Gasteiger partial charge in [-0.05, 0) is 11.6 Å². The number of hydrogen-bond acceptors (Lipinski definition) is 4. The van der Waals surface area contributed by atoms with Gasteiger partial charge in [-0.3, -0.25) is 0 Å². The van der Waals surface area contributed by atoms with E-state index in [1.807, 2.05) is 31.1 Å². The van der Waals surface area contributed by atoms with Gasteiger partial charge in [0.25, 0.3) is 0 Å². The molecule has 1 aromatic carbocycles. The molecule has 0 fully saturated rings. The quantitative estimate of drug-likeness (QED) is 0.907. The second-order valence-electron chi connectivity index (χ2n) is 5.74. The summed E-state index contributed by atoms with van der Waals surface area (Å²) in [6.07, 6.45) is 1.78. The molecule has 0 aliphatic rings. The second kappa shape index (κ2) is 5.90. The van der Waals surface area contributed by atoms with Gasteiger partial charge in [-0.1, -0.05) is 44.2 Å². The largest absolute Gasteiger partial charge is 0.369 e. The summed E-state index contributed by atoms with van der Waals surface area (Å²) in [4.78, 5) is 10.6. The minimum atomic E-state index is 0.0461. The third-order valence-corrected chi connectivity index (χ3v) is 3.31. The molecule has 1 aromatic heterocycles. The van der Waals surface area contributed by atoms with Crippen molar-refractivity contribution < 1.29 is 0 Å². The molecule has 106 valence electrons. The lowest BCUT2D eigenvalue weighted by atomic mass is 9.85. The molecule has 0 radical (unpaired) electrons. The predicted octanol–water partition coefficient (Wildman–Crippen LogP) is 2.93. The second-order valence-corrected chi connectivity index (χ2v) is 5.74. The Hall–Kier alpha value is -2.10. The van der Waals surface area contributed by atoms with Crippen molar-refractivity contribution in [3.63, 3.8) is 0 Å². The zero-order chi connectivity index (χ0) is 14.6. The smallest absolute Gasteiger partial charge is 0.226 e.